The monoisotopic (exact) mass is 318 g/mol. The molecule has 0 bridgehead atoms. The Labute approximate surface area is 140 Å². The second kappa shape index (κ2) is 11.5. The molecule has 5 heteroatoms. The molecule has 1 aromatic rings. The summed E-state index contributed by atoms with van der Waals surface area (Å²) in [5.41, 5.74) is 0.798. The maximum absolute atomic E-state index is 11.9. The van der Waals surface area contributed by atoms with Gasteiger partial charge in [-0.2, -0.15) is 0 Å². The van der Waals surface area contributed by atoms with Gasteiger partial charge in [0, 0.05) is 18.8 Å². The van der Waals surface area contributed by atoms with Crippen molar-refractivity contribution in [2.75, 3.05) is 18.9 Å². The van der Waals surface area contributed by atoms with Crippen LogP contribution in [-0.4, -0.2) is 31.5 Å². The van der Waals surface area contributed by atoms with Crippen LogP contribution in [0.15, 0.2) is 35.3 Å². The first-order valence-corrected chi connectivity index (χ1v) is 8.47. The summed E-state index contributed by atoms with van der Waals surface area (Å²) in [6, 6.07) is 9.78. The topological polar surface area (TPSA) is 65.5 Å². The van der Waals surface area contributed by atoms with E-state index in [1.807, 2.05) is 30.3 Å². The molecule has 3 N–H and O–H groups in total. The van der Waals surface area contributed by atoms with Crippen molar-refractivity contribution in [1.29, 1.82) is 0 Å². The molecule has 0 aliphatic rings. The summed E-state index contributed by atoms with van der Waals surface area (Å²) in [6.45, 7) is 4.55. The molecule has 0 radical (unpaired) electrons. The number of amides is 1. The van der Waals surface area contributed by atoms with Crippen LogP contribution in [0.5, 0.6) is 0 Å². The van der Waals surface area contributed by atoms with E-state index in [-0.39, 0.29) is 12.5 Å². The molecular weight excluding hydrogens is 288 g/mol. The number of hydrogen-bond donors (Lipinski definition) is 3. The first kappa shape index (κ1) is 19.0. The second-order valence-electron chi connectivity index (χ2n) is 5.73. The summed E-state index contributed by atoms with van der Waals surface area (Å²) in [5, 5.41) is 9.21. The first-order chi connectivity index (χ1) is 11.2. The van der Waals surface area contributed by atoms with Crippen molar-refractivity contribution < 1.29 is 4.79 Å². The molecule has 0 aromatic heterocycles. The number of carbonyl (C=O) groups excluding carboxylic acids is 1. The highest BCUT2D eigenvalue weighted by Crippen LogP contribution is 2.05. The molecule has 1 rings (SSSR count). The fraction of sp³-hybridized carbons (Fsp3) is 0.556. The maximum Gasteiger partial charge on any atom is 0.243 e. The molecule has 0 spiro atoms. The number of anilines is 1. The highest BCUT2D eigenvalue weighted by molar-refractivity contribution is 5.94. The normalized spacial score (nSPS) is 12.6. The number of carbonyl (C=O) groups is 1. The van der Waals surface area contributed by atoms with Crippen LogP contribution < -0.4 is 16.0 Å². The average Bonchev–Trinajstić information content (AvgIpc) is 2.56. The van der Waals surface area contributed by atoms with Crippen molar-refractivity contribution in [3.05, 3.63) is 30.3 Å². The zero-order chi connectivity index (χ0) is 16.9. The average molecular weight is 318 g/mol. The third kappa shape index (κ3) is 8.86. The number of benzene rings is 1. The van der Waals surface area contributed by atoms with Gasteiger partial charge in [0.15, 0.2) is 5.96 Å². The van der Waals surface area contributed by atoms with Crippen LogP contribution in [0.3, 0.4) is 0 Å². The van der Waals surface area contributed by atoms with E-state index in [2.05, 4.69) is 34.8 Å². The Hall–Kier alpha value is -2.04. The zero-order valence-corrected chi connectivity index (χ0v) is 14.6. The Bertz CT molecular complexity index is 473. The molecule has 0 saturated heterocycles. The number of para-hydroxylation sites is 1. The Balaban J connectivity index is 2.26. The molecule has 128 valence electrons. The van der Waals surface area contributed by atoms with Crippen LogP contribution in [0.25, 0.3) is 0 Å². The number of rotatable bonds is 9. The van der Waals surface area contributed by atoms with Crippen LogP contribution in [0.4, 0.5) is 5.69 Å². The number of nitrogens with zero attached hydrogens (tertiary/aromatic N) is 1. The van der Waals surface area contributed by atoms with Crippen LogP contribution in [-0.2, 0) is 4.79 Å². The van der Waals surface area contributed by atoms with Crippen molar-refractivity contribution in [1.82, 2.24) is 10.6 Å². The van der Waals surface area contributed by atoms with E-state index in [1.165, 1.54) is 25.7 Å². The third-order valence-electron chi connectivity index (χ3n) is 3.57. The van der Waals surface area contributed by atoms with E-state index in [9.17, 15) is 4.79 Å². The van der Waals surface area contributed by atoms with Crippen molar-refractivity contribution in [3.63, 3.8) is 0 Å². The maximum atomic E-state index is 11.9. The third-order valence-corrected chi connectivity index (χ3v) is 3.57. The van der Waals surface area contributed by atoms with Gasteiger partial charge in [0.25, 0.3) is 0 Å². The first-order valence-electron chi connectivity index (χ1n) is 8.47. The molecule has 1 amide bonds. The Kier molecular flexibility index (Phi) is 9.52. The van der Waals surface area contributed by atoms with Gasteiger partial charge in [-0.05, 0) is 25.5 Å². The summed E-state index contributed by atoms with van der Waals surface area (Å²) >= 11 is 0. The zero-order valence-electron chi connectivity index (χ0n) is 14.6. The lowest BCUT2D eigenvalue weighted by Crippen LogP contribution is -2.44. The molecule has 0 fully saturated rings. The lowest BCUT2D eigenvalue weighted by molar-refractivity contribution is -0.115. The molecule has 0 heterocycles. The highest BCUT2D eigenvalue weighted by atomic mass is 16.1. The van der Waals surface area contributed by atoms with Gasteiger partial charge < -0.3 is 16.0 Å². The van der Waals surface area contributed by atoms with E-state index in [0.717, 1.165) is 12.1 Å². The van der Waals surface area contributed by atoms with Crippen LogP contribution in [0.2, 0.25) is 0 Å². The minimum Gasteiger partial charge on any atom is -0.354 e. The van der Waals surface area contributed by atoms with E-state index in [1.54, 1.807) is 7.05 Å². The fourth-order valence-electron chi connectivity index (χ4n) is 2.27. The van der Waals surface area contributed by atoms with Gasteiger partial charge in [0.05, 0.1) is 6.54 Å². The number of hydrogen-bond acceptors (Lipinski definition) is 2. The van der Waals surface area contributed by atoms with E-state index in [4.69, 9.17) is 0 Å². The molecule has 1 aromatic carbocycles. The van der Waals surface area contributed by atoms with E-state index >= 15 is 0 Å². The predicted octanol–water partition coefficient (Wildman–Crippen LogP) is 3.15. The van der Waals surface area contributed by atoms with Gasteiger partial charge >= 0.3 is 0 Å². The van der Waals surface area contributed by atoms with E-state index < -0.39 is 0 Å². The molecule has 1 atom stereocenters. The summed E-state index contributed by atoms with van der Waals surface area (Å²) in [4.78, 5) is 16.1. The Morgan fingerprint density at radius 2 is 1.91 bits per heavy atom. The second-order valence-corrected chi connectivity index (χ2v) is 5.73. The quantitative estimate of drug-likeness (QED) is 0.372. The van der Waals surface area contributed by atoms with Crippen LogP contribution >= 0.6 is 0 Å². The highest BCUT2D eigenvalue weighted by Gasteiger charge is 2.07. The van der Waals surface area contributed by atoms with Gasteiger partial charge in [-0.3, -0.25) is 9.79 Å². The summed E-state index contributed by atoms with van der Waals surface area (Å²) in [6.07, 6.45) is 6.14. The number of aliphatic imine (C=N–C) groups is 1. The fourth-order valence-corrected chi connectivity index (χ4v) is 2.27. The van der Waals surface area contributed by atoms with Gasteiger partial charge in [0.2, 0.25) is 5.91 Å². The lowest BCUT2D eigenvalue weighted by Gasteiger charge is -2.17. The van der Waals surface area contributed by atoms with Crippen molar-refractivity contribution in [3.8, 4) is 0 Å². The number of guanidine groups is 1. The summed E-state index contributed by atoms with van der Waals surface area (Å²) < 4.78 is 0. The van der Waals surface area contributed by atoms with Gasteiger partial charge in [-0.1, -0.05) is 50.8 Å². The van der Waals surface area contributed by atoms with Crippen LogP contribution in [0, 0.1) is 0 Å². The molecular formula is C18H30N4O. The summed E-state index contributed by atoms with van der Waals surface area (Å²) in [5.74, 6) is 0.575. The van der Waals surface area contributed by atoms with Gasteiger partial charge in [0.1, 0.15) is 0 Å². The molecule has 0 saturated carbocycles. The Morgan fingerprint density at radius 1 is 1.17 bits per heavy atom. The van der Waals surface area contributed by atoms with Crippen molar-refractivity contribution >= 4 is 17.6 Å². The van der Waals surface area contributed by atoms with E-state index in [0.29, 0.717) is 12.0 Å². The van der Waals surface area contributed by atoms with Crippen molar-refractivity contribution in [2.45, 2.75) is 52.0 Å². The summed E-state index contributed by atoms with van der Waals surface area (Å²) in [7, 11) is 1.72. The molecule has 0 aliphatic carbocycles. The molecule has 0 aliphatic heterocycles. The minimum atomic E-state index is -0.0882. The van der Waals surface area contributed by atoms with Crippen molar-refractivity contribution in [2.24, 2.45) is 4.99 Å². The minimum absolute atomic E-state index is 0.0882. The SMILES string of the molecule is CCCCCCC(C)NC(=NC)NCC(=O)Nc1ccccc1. The largest absolute Gasteiger partial charge is 0.354 e. The smallest absolute Gasteiger partial charge is 0.243 e. The lowest BCUT2D eigenvalue weighted by atomic mass is 10.1. The Morgan fingerprint density at radius 3 is 2.57 bits per heavy atom. The molecule has 23 heavy (non-hydrogen) atoms. The number of unbranched alkanes of at least 4 members (excludes halogenated alkanes) is 3. The molecule has 1 unspecified atom stereocenters. The van der Waals surface area contributed by atoms with Gasteiger partial charge in [-0.25, -0.2) is 0 Å². The van der Waals surface area contributed by atoms with Crippen LogP contribution in [0.1, 0.15) is 46.0 Å². The molecule has 5 nitrogen and oxygen atoms in total. The predicted molar refractivity (Wildman–Crippen MR) is 97.8 cm³/mol. The van der Waals surface area contributed by atoms with Gasteiger partial charge in [-0.15, -0.1) is 0 Å². The standard InChI is InChI=1S/C18H30N4O/c1-4-5-6-8-11-15(2)21-18(19-3)20-14-17(23)22-16-12-9-7-10-13-16/h7,9-10,12-13,15H,4-6,8,11,14H2,1-3H3,(H,22,23)(H2,19,20,21). The number of nitrogens with one attached hydrogen (secondary N) is 3.